The molecule has 0 rings (SSSR count). The minimum atomic E-state index is -3.20. The monoisotopic (exact) mass is 384 g/mol. The second-order valence-corrected chi connectivity index (χ2v) is 9.95. The highest BCUT2D eigenvalue weighted by Gasteiger charge is 2.44. The number of hydrogen-bond acceptors (Lipinski definition) is 7. The Bertz CT molecular complexity index is 321. The highest BCUT2D eigenvalue weighted by molar-refractivity contribution is 6.61. The zero-order valence-electron chi connectivity index (χ0n) is 15.6. The molecular weight excluding hydrogens is 352 g/mol. The summed E-state index contributed by atoms with van der Waals surface area (Å²) in [6, 6.07) is 0.207. The van der Waals surface area contributed by atoms with Crippen molar-refractivity contribution in [3.05, 3.63) is 0 Å². The summed E-state index contributed by atoms with van der Waals surface area (Å²) in [5, 5.41) is 2.76. The number of rotatable bonds is 14. The fourth-order valence-electron chi connectivity index (χ4n) is 2.05. The van der Waals surface area contributed by atoms with Crippen molar-refractivity contribution in [1.29, 1.82) is 0 Å². The molecule has 9 nitrogen and oxygen atoms in total. The lowest BCUT2D eigenvalue weighted by Gasteiger charge is -2.28. The van der Waals surface area contributed by atoms with Gasteiger partial charge in [0, 0.05) is 53.7 Å². The van der Waals surface area contributed by atoms with Crippen LogP contribution >= 0.6 is 0 Å². The largest absolute Gasteiger partial charge is 0.634 e. The van der Waals surface area contributed by atoms with Gasteiger partial charge in [0.2, 0.25) is 0 Å². The van der Waals surface area contributed by atoms with Crippen LogP contribution in [0.5, 0.6) is 0 Å². The first-order valence-corrected chi connectivity index (χ1v) is 11.8. The third kappa shape index (κ3) is 8.03. The van der Waals surface area contributed by atoms with Crippen molar-refractivity contribution in [3.8, 4) is 0 Å². The van der Waals surface area contributed by atoms with Crippen LogP contribution in [0.2, 0.25) is 6.04 Å². The molecule has 0 unspecified atom stereocenters. The number of carbonyl (C=O) groups excluding carboxylic acids is 1. The van der Waals surface area contributed by atoms with Crippen molar-refractivity contribution >= 4 is 23.8 Å². The van der Waals surface area contributed by atoms with Gasteiger partial charge in [-0.3, -0.25) is 4.98 Å². The van der Waals surface area contributed by atoms with Gasteiger partial charge in [-0.25, -0.2) is 4.79 Å². The zero-order chi connectivity index (χ0) is 18.5. The molecule has 0 bridgehead atoms. The van der Waals surface area contributed by atoms with Gasteiger partial charge in [0.15, 0.2) is 0 Å². The normalized spacial score (nSPS) is 12.2. The van der Waals surface area contributed by atoms with E-state index < -0.39 is 23.8 Å². The average molecular weight is 385 g/mol. The van der Waals surface area contributed by atoms with Gasteiger partial charge in [-0.15, -0.1) is 0 Å². The number of amides is 2. The quantitative estimate of drug-likeness (QED) is 0.342. The van der Waals surface area contributed by atoms with E-state index in [4.69, 9.17) is 26.6 Å². The van der Waals surface area contributed by atoms with Gasteiger partial charge in [-0.05, 0) is 27.2 Å². The van der Waals surface area contributed by atoms with Crippen LogP contribution in [-0.2, 0) is 26.6 Å². The van der Waals surface area contributed by atoms with E-state index in [1.165, 1.54) is 0 Å². The van der Waals surface area contributed by atoms with Crippen LogP contribution in [0.4, 0.5) is 4.79 Å². The van der Waals surface area contributed by atoms with Crippen LogP contribution in [0.15, 0.2) is 0 Å². The molecule has 2 N–H and O–H groups in total. The maximum atomic E-state index is 12.1. The molecule has 0 spiro atoms. The van der Waals surface area contributed by atoms with Crippen LogP contribution in [0, 0.1) is 0 Å². The second-order valence-electron chi connectivity index (χ2n) is 4.64. The molecule has 0 aliphatic rings. The second kappa shape index (κ2) is 12.8. The summed E-state index contributed by atoms with van der Waals surface area (Å²) >= 11 is 0. The lowest BCUT2D eigenvalue weighted by molar-refractivity contribution is 0.0630. The first kappa shape index (κ1) is 23.5. The number of nitrogens with one attached hydrogen (secondary N) is 2. The van der Waals surface area contributed by atoms with Crippen molar-refractivity contribution < 1.29 is 31.4 Å². The highest BCUT2D eigenvalue weighted by Crippen LogP contribution is 2.14. The Morgan fingerprint density at radius 2 is 1.33 bits per heavy atom. The molecule has 11 heteroatoms. The Morgan fingerprint density at radius 1 is 0.875 bits per heavy atom. The average Bonchev–Trinajstić information content (AvgIpc) is 2.56. The van der Waals surface area contributed by atoms with Crippen molar-refractivity contribution in [2.75, 3.05) is 47.7 Å². The van der Waals surface area contributed by atoms with E-state index in [9.17, 15) is 4.79 Å². The summed E-state index contributed by atoms with van der Waals surface area (Å²) in [5.74, 6) is 0. The maximum Gasteiger partial charge on any atom is 0.634 e. The number of urea groups is 1. The third-order valence-electron chi connectivity index (χ3n) is 3.15. The van der Waals surface area contributed by atoms with Crippen LogP contribution in [0.25, 0.3) is 0 Å². The predicted octanol–water partition coefficient (Wildman–Crippen LogP) is 1.10. The molecule has 0 aliphatic heterocycles. The molecular formula is C13H32N2O7Si2. The molecule has 0 radical (unpaired) electrons. The maximum absolute atomic E-state index is 12.1. The van der Waals surface area contributed by atoms with Gasteiger partial charge < -0.3 is 31.9 Å². The van der Waals surface area contributed by atoms with Gasteiger partial charge in [0.1, 0.15) is 0 Å². The van der Waals surface area contributed by atoms with Crippen LogP contribution in [0.1, 0.15) is 27.2 Å². The van der Waals surface area contributed by atoms with Gasteiger partial charge in [0.25, 0.3) is 0 Å². The van der Waals surface area contributed by atoms with Crippen LogP contribution in [-0.4, -0.2) is 71.5 Å². The first-order chi connectivity index (χ1) is 11.5. The van der Waals surface area contributed by atoms with Crippen molar-refractivity contribution in [1.82, 2.24) is 10.3 Å². The Hall–Kier alpha value is -0.536. The molecule has 0 aromatic carbocycles. The fraction of sp³-hybridized carbons (Fsp3) is 0.923. The van der Waals surface area contributed by atoms with Crippen LogP contribution in [0.3, 0.4) is 0 Å². The van der Waals surface area contributed by atoms with E-state index >= 15 is 0 Å². The molecule has 24 heavy (non-hydrogen) atoms. The fourth-order valence-corrected chi connectivity index (χ4v) is 5.74. The minimum Gasteiger partial charge on any atom is -0.377 e. The lowest BCUT2D eigenvalue weighted by atomic mass is 10.5. The van der Waals surface area contributed by atoms with Gasteiger partial charge in [0.05, 0.1) is 0 Å². The molecule has 144 valence electrons. The molecule has 0 saturated carbocycles. The van der Waals surface area contributed by atoms with Crippen molar-refractivity contribution in [3.63, 3.8) is 0 Å². The molecule has 0 aliphatic carbocycles. The van der Waals surface area contributed by atoms with E-state index in [0.717, 1.165) is 0 Å². The van der Waals surface area contributed by atoms with Crippen molar-refractivity contribution in [2.24, 2.45) is 0 Å². The summed E-state index contributed by atoms with van der Waals surface area (Å²) < 4.78 is 32.7. The molecule has 0 aromatic rings. The molecule has 0 atom stereocenters. The topological polar surface area (TPSA) is 96.5 Å². The Balaban J connectivity index is 4.43. The number of hydrogen-bond donors (Lipinski definition) is 2. The summed E-state index contributed by atoms with van der Waals surface area (Å²) in [7, 11) is -1.13. The van der Waals surface area contributed by atoms with E-state index in [-0.39, 0.29) is 0 Å². The first-order valence-electron chi connectivity index (χ1n) is 8.10. The summed E-state index contributed by atoms with van der Waals surface area (Å²) in [5.41, 5.74) is 0. The molecule has 0 aromatic heterocycles. The molecule has 0 fully saturated rings. The summed E-state index contributed by atoms with van der Waals surface area (Å²) in [4.78, 5) is 14.8. The molecule has 0 saturated heterocycles. The number of carbonyl (C=O) groups is 1. The van der Waals surface area contributed by atoms with Gasteiger partial charge in [-0.2, -0.15) is 0 Å². The smallest absolute Gasteiger partial charge is 0.377 e. The third-order valence-corrected chi connectivity index (χ3v) is 8.52. The Morgan fingerprint density at radius 3 is 1.71 bits per heavy atom. The predicted molar refractivity (Wildman–Crippen MR) is 93.4 cm³/mol. The van der Waals surface area contributed by atoms with Gasteiger partial charge >= 0.3 is 23.8 Å². The van der Waals surface area contributed by atoms with E-state index in [0.29, 0.717) is 38.8 Å². The van der Waals surface area contributed by atoms with E-state index in [1.807, 2.05) is 20.8 Å². The Kier molecular flexibility index (Phi) is 12.5. The lowest BCUT2D eigenvalue weighted by Crippen LogP contribution is -2.63. The highest BCUT2D eigenvalue weighted by atomic mass is 28.4. The Labute approximate surface area is 147 Å². The van der Waals surface area contributed by atoms with Crippen LogP contribution < -0.4 is 10.3 Å². The minimum absolute atomic E-state index is 0.385. The van der Waals surface area contributed by atoms with Gasteiger partial charge in [-0.1, -0.05) is 0 Å². The summed E-state index contributed by atoms with van der Waals surface area (Å²) in [6.45, 7) is 7.06. The standard InChI is InChI=1S/C13H32N2O7Si2/c1-7-20-24(21-8-2,22-9-3)15-13(16)14-11-10-12-23(17-4,18-5)19-6/h7-12H2,1-6H3,(H2,14,15,16). The molecule has 0 heterocycles. The molecule has 2 amide bonds. The van der Waals surface area contributed by atoms with E-state index in [2.05, 4.69) is 10.3 Å². The van der Waals surface area contributed by atoms with Crippen molar-refractivity contribution in [2.45, 2.75) is 33.2 Å². The zero-order valence-corrected chi connectivity index (χ0v) is 17.6. The van der Waals surface area contributed by atoms with E-state index in [1.54, 1.807) is 21.3 Å². The SMILES string of the molecule is CCO[Si](NC(=O)NCCC[Si](OC)(OC)OC)(OCC)OCC. The summed E-state index contributed by atoms with van der Waals surface area (Å²) in [6.07, 6.45) is 0.654.